The minimum absolute atomic E-state index is 0.0271. The number of amides is 2. The predicted octanol–water partition coefficient (Wildman–Crippen LogP) is 2.02. The number of benzene rings is 1. The zero-order valence-electron chi connectivity index (χ0n) is 9.68. The minimum atomic E-state index is -4.53. The Hall–Kier alpha value is -2.05. The van der Waals surface area contributed by atoms with E-state index in [0.717, 1.165) is 25.1 Å². The van der Waals surface area contributed by atoms with Gasteiger partial charge in [-0.1, -0.05) is 0 Å². The highest BCUT2D eigenvalue weighted by Gasteiger charge is 2.31. The van der Waals surface area contributed by atoms with Crippen LogP contribution in [0.3, 0.4) is 0 Å². The average Bonchev–Trinajstić information content (AvgIpc) is 2.26. The quantitative estimate of drug-likeness (QED) is 0.854. The molecule has 0 fully saturated rings. The maximum absolute atomic E-state index is 12.5. The van der Waals surface area contributed by atoms with Crippen molar-refractivity contribution in [3.05, 3.63) is 29.3 Å². The molecule has 0 spiro atoms. The van der Waals surface area contributed by atoms with Crippen LogP contribution in [0.4, 0.5) is 18.9 Å². The number of carbonyl (C=O) groups is 2. The second kappa shape index (κ2) is 5.07. The summed E-state index contributed by atoms with van der Waals surface area (Å²) in [5.41, 5.74) is -1.13. The summed E-state index contributed by atoms with van der Waals surface area (Å²) in [5.74, 6) is -1.13. The normalized spacial score (nSPS) is 10.9. The van der Waals surface area contributed by atoms with Gasteiger partial charge in [-0.3, -0.25) is 9.59 Å². The molecule has 0 aromatic heterocycles. The first-order valence-corrected chi connectivity index (χ1v) is 4.96. The van der Waals surface area contributed by atoms with Gasteiger partial charge in [0.25, 0.3) is 5.91 Å². The lowest BCUT2D eigenvalue weighted by Crippen LogP contribution is -2.21. The Morgan fingerprint density at radius 1 is 1.22 bits per heavy atom. The van der Waals surface area contributed by atoms with Crippen LogP contribution in [0, 0.1) is 0 Å². The van der Waals surface area contributed by atoms with E-state index >= 15 is 0 Å². The Labute approximate surface area is 101 Å². The van der Waals surface area contributed by atoms with Crippen LogP contribution in [0.1, 0.15) is 22.8 Å². The molecule has 0 aliphatic heterocycles. The largest absolute Gasteiger partial charge is 0.416 e. The number of hydrogen-bond donors (Lipinski definition) is 2. The molecule has 7 heteroatoms. The lowest BCUT2D eigenvalue weighted by molar-refractivity contribution is -0.137. The summed E-state index contributed by atoms with van der Waals surface area (Å²) in [7, 11) is 1.34. The number of rotatable bonds is 2. The molecule has 0 aliphatic carbocycles. The molecule has 0 heterocycles. The number of alkyl halides is 3. The molecule has 0 radical (unpaired) electrons. The molecule has 4 nitrogen and oxygen atoms in total. The van der Waals surface area contributed by atoms with Crippen LogP contribution in [0.2, 0.25) is 0 Å². The molecule has 0 unspecified atom stereocenters. The van der Waals surface area contributed by atoms with Gasteiger partial charge in [0.05, 0.1) is 16.8 Å². The number of nitrogens with one attached hydrogen (secondary N) is 2. The number of anilines is 1. The van der Waals surface area contributed by atoms with Gasteiger partial charge in [0.15, 0.2) is 0 Å². The van der Waals surface area contributed by atoms with Crippen LogP contribution < -0.4 is 10.6 Å². The summed E-state index contributed by atoms with van der Waals surface area (Å²) < 4.78 is 37.5. The SMILES string of the molecule is CNC(=O)c1ccc(C(F)(F)F)cc1NC(C)=O. The van der Waals surface area contributed by atoms with E-state index in [9.17, 15) is 22.8 Å². The van der Waals surface area contributed by atoms with E-state index in [0.29, 0.717) is 0 Å². The molecule has 2 amide bonds. The van der Waals surface area contributed by atoms with Gasteiger partial charge in [0.2, 0.25) is 5.91 Å². The van der Waals surface area contributed by atoms with E-state index < -0.39 is 23.6 Å². The number of carbonyl (C=O) groups excluding carboxylic acids is 2. The molecule has 18 heavy (non-hydrogen) atoms. The monoisotopic (exact) mass is 260 g/mol. The molecule has 98 valence electrons. The minimum Gasteiger partial charge on any atom is -0.355 e. The van der Waals surface area contributed by atoms with Crippen molar-refractivity contribution >= 4 is 17.5 Å². The van der Waals surface area contributed by atoms with Crippen molar-refractivity contribution in [2.75, 3.05) is 12.4 Å². The highest BCUT2D eigenvalue weighted by Crippen LogP contribution is 2.32. The maximum Gasteiger partial charge on any atom is 0.416 e. The van der Waals surface area contributed by atoms with Crippen molar-refractivity contribution in [3.63, 3.8) is 0 Å². The molecule has 0 saturated heterocycles. The zero-order valence-corrected chi connectivity index (χ0v) is 9.68. The van der Waals surface area contributed by atoms with Gasteiger partial charge in [-0.25, -0.2) is 0 Å². The molecule has 0 saturated carbocycles. The summed E-state index contributed by atoms with van der Waals surface area (Å²) in [5, 5.41) is 4.48. The first-order chi connectivity index (χ1) is 8.25. The van der Waals surface area contributed by atoms with Gasteiger partial charge in [0.1, 0.15) is 0 Å². The van der Waals surface area contributed by atoms with Crippen molar-refractivity contribution < 1.29 is 22.8 Å². The van der Waals surface area contributed by atoms with E-state index in [1.807, 2.05) is 0 Å². The zero-order chi connectivity index (χ0) is 13.9. The fraction of sp³-hybridized carbons (Fsp3) is 0.273. The Morgan fingerprint density at radius 3 is 2.28 bits per heavy atom. The van der Waals surface area contributed by atoms with Crippen molar-refractivity contribution in [3.8, 4) is 0 Å². The van der Waals surface area contributed by atoms with Crippen LogP contribution in [-0.2, 0) is 11.0 Å². The van der Waals surface area contributed by atoms with Gasteiger partial charge in [-0.15, -0.1) is 0 Å². The second-order valence-electron chi connectivity index (χ2n) is 3.52. The van der Waals surface area contributed by atoms with Crippen LogP contribution in [0.25, 0.3) is 0 Å². The Balaban J connectivity index is 3.29. The molecule has 1 aromatic rings. The van der Waals surface area contributed by atoms with E-state index in [2.05, 4.69) is 10.6 Å². The van der Waals surface area contributed by atoms with Crippen LogP contribution in [0.15, 0.2) is 18.2 Å². The first kappa shape index (κ1) is 14.0. The van der Waals surface area contributed by atoms with Crippen LogP contribution >= 0.6 is 0 Å². The van der Waals surface area contributed by atoms with E-state index in [-0.39, 0.29) is 11.3 Å². The van der Waals surface area contributed by atoms with E-state index in [1.54, 1.807) is 0 Å². The summed E-state index contributed by atoms with van der Waals surface area (Å²) in [6.45, 7) is 1.15. The van der Waals surface area contributed by atoms with E-state index in [4.69, 9.17) is 0 Å². The molecule has 0 aliphatic rings. The van der Waals surface area contributed by atoms with Crippen molar-refractivity contribution in [1.29, 1.82) is 0 Å². The van der Waals surface area contributed by atoms with Gasteiger partial charge in [-0.2, -0.15) is 13.2 Å². The average molecular weight is 260 g/mol. The van der Waals surface area contributed by atoms with Gasteiger partial charge in [-0.05, 0) is 18.2 Å². The summed E-state index contributed by atoms with van der Waals surface area (Å²) >= 11 is 0. The third-order valence-corrected chi connectivity index (χ3v) is 2.13. The molecular formula is C11H11F3N2O2. The van der Waals surface area contributed by atoms with E-state index in [1.165, 1.54) is 7.05 Å². The Morgan fingerprint density at radius 2 is 1.83 bits per heavy atom. The summed E-state index contributed by atoms with van der Waals surface area (Å²) in [4.78, 5) is 22.3. The van der Waals surface area contributed by atoms with Crippen molar-refractivity contribution in [2.24, 2.45) is 0 Å². The fourth-order valence-electron chi connectivity index (χ4n) is 1.35. The smallest absolute Gasteiger partial charge is 0.355 e. The molecule has 0 bridgehead atoms. The third-order valence-electron chi connectivity index (χ3n) is 2.13. The Bertz CT molecular complexity index is 484. The highest BCUT2D eigenvalue weighted by atomic mass is 19.4. The van der Waals surface area contributed by atoms with Gasteiger partial charge < -0.3 is 10.6 Å². The lowest BCUT2D eigenvalue weighted by atomic mass is 10.1. The highest BCUT2D eigenvalue weighted by molar-refractivity contribution is 6.03. The standard InChI is InChI=1S/C11H11F3N2O2/c1-6(17)16-9-5-7(11(12,13)14)3-4-8(9)10(18)15-2/h3-5H,1-2H3,(H,15,18)(H,16,17). The topological polar surface area (TPSA) is 58.2 Å². The molecular weight excluding hydrogens is 249 g/mol. The lowest BCUT2D eigenvalue weighted by Gasteiger charge is -2.13. The molecule has 1 aromatic carbocycles. The molecule has 2 N–H and O–H groups in total. The first-order valence-electron chi connectivity index (χ1n) is 4.96. The number of hydrogen-bond acceptors (Lipinski definition) is 2. The predicted molar refractivity (Wildman–Crippen MR) is 59.1 cm³/mol. The van der Waals surface area contributed by atoms with Crippen molar-refractivity contribution in [1.82, 2.24) is 5.32 Å². The van der Waals surface area contributed by atoms with Crippen LogP contribution in [-0.4, -0.2) is 18.9 Å². The Kier molecular flexibility index (Phi) is 3.95. The van der Waals surface area contributed by atoms with Crippen LogP contribution in [0.5, 0.6) is 0 Å². The number of halogens is 3. The summed E-state index contributed by atoms with van der Waals surface area (Å²) in [6.07, 6.45) is -4.53. The van der Waals surface area contributed by atoms with Crippen molar-refractivity contribution in [2.45, 2.75) is 13.1 Å². The molecule has 1 rings (SSSR count). The van der Waals surface area contributed by atoms with Gasteiger partial charge in [0, 0.05) is 14.0 Å². The van der Waals surface area contributed by atoms with Gasteiger partial charge >= 0.3 is 6.18 Å². The molecule has 0 atom stereocenters. The maximum atomic E-state index is 12.5. The third kappa shape index (κ3) is 3.22. The fourth-order valence-corrected chi connectivity index (χ4v) is 1.35. The second-order valence-corrected chi connectivity index (χ2v) is 3.52. The summed E-state index contributed by atoms with van der Waals surface area (Å²) in [6, 6.07) is 2.54.